The zero-order chi connectivity index (χ0) is 18.1. The largest absolute Gasteiger partial charge is 0.378 e. The molecule has 0 saturated carbocycles. The predicted octanol–water partition coefficient (Wildman–Crippen LogP) is 2.48. The molecule has 0 spiro atoms. The summed E-state index contributed by atoms with van der Waals surface area (Å²) in [5.41, 5.74) is 2.94. The summed E-state index contributed by atoms with van der Waals surface area (Å²) in [4.78, 5) is 4.30. The van der Waals surface area contributed by atoms with Gasteiger partial charge in [0.15, 0.2) is 5.82 Å². The number of hydrogen-bond donors (Lipinski definition) is 0. The second-order valence-corrected chi connectivity index (χ2v) is 6.72. The average molecular weight is 352 g/mol. The predicted molar refractivity (Wildman–Crippen MR) is 97.2 cm³/mol. The minimum absolute atomic E-state index is 0.234. The summed E-state index contributed by atoms with van der Waals surface area (Å²) in [6.07, 6.45) is 0. The van der Waals surface area contributed by atoms with E-state index in [-0.39, 0.29) is 11.9 Å². The second kappa shape index (κ2) is 6.84. The van der Waals surface area contributed by atoms with E-state index in [4.69, 9.17) is 0 Å². The van der Waals surface area contributed by atoms with E-state index in [2.05, 4.69) is 49.6 Å². The minimum atomic E-state index is -0.298. The molecule has 4 rings (SSSR count). The van der Waals surface area contributed by atoms with Crippen molar-refractivity contribution in [2.75, 3.05) is 25.5 Å². The summed E-state index contributed by atoms with van der Waals surface area (Å²) in [5.74, 6) is 0.452. The van der Waals surface area contributed by atoms with Crippen LogP contribution in [0.25, 0.3) is 0 Å². The molecule has 0 radical (unpaired) electrons. The number of tetrazole rings is 1. The van der Waals surface area contributed by atoms with Crippen molar-refractivity contribution in [3.05, 3.63) is 71.3 Å². The van der Waals surface area contributed by atoms with Gasteiger partial charge in [-0.05, 0) is 34.2 Å². The quantitative estimate of drug-likeness (QED) is 0.722. The molecule has 1 aliphatic rings. The molecule has 26 heavy (non-hydrogen) atoms. The Morgan fingerprint density at radius 3 is 2.58 bits per heavy atom. The Kier molecular flexibility index (Phi) is 4.38. The summed E-state index contributed by atoms with van der Waals surface area (Å²) >= 11 is 0. The molecule has 0 aliphatic carbocycles. The molecule has 134 valence electrons. The zero-order valence-electron chi connectivity index (χ0n) is 14.9. The Morgan fingerprint density at radius 1 is 1.08 bits per heavy atom. The molecule has 2 aromatic carbocycles. The summed E-state index contributed by atoms with van der Waals surface area (Å²) in [6.45, 7) is 2.16. The number of fused-ring (bicyclic) bond motifs is 1. The maximum absolute atomic E-state index is 14.5. The Morgan fingerprint density at radius 2 is 1.85 bits per heavy atom. The molecule has 6 nitrogen and oxygen atoms in total. The Balaban J connectivity index is 1.67. The molecule has 1 unspecified atom stereocenters. The molecule has 1 aliphatic heterocycles. The van der Waals surface area contributed by atoms with Gasteiger partial charge in [0, 0.05) is 38.4 Å². The lowest BCUT2D eigenvalue weighted by Crippen LogP contribution is -2.39. The van der Waals surface area contributed by atoms with Crippen LogP contribution in [-0.4, -0.2) is 45.7 Å². The fraction of sp³-hybridized carbons (Fsp3) is 0.316. The van der Waals surface area contributed by atoms with Crippen LogP contribution < -0.4 is 4.90 Å². The lowest BCUT2D eigenvalue weighted by Gasteiger charge is -2.35. The molecule has 3 aromatic rings. The van der Waals surface area contributed by atoms with Crippen LogP contribution in [0.1, 0.15) is 23.0 Å². The van der Waals surface area contributed by atoms with Crippen molar-refractivity contribution < 1.29 is 4.39 Å². The van der Waals surface area contributed by atoms with Crippen LogP contribution in [0.2, 0.25) is 0 Å². The maximum atomic E-state index is 14.5. The van der Waals surface area contributed by atoms with Crippen LogP contribution in [0.15, 0.2) is 48.5 Å². The maximum Gasteiger partial charge on any atom is 0.173 e. The van der Waals surface area contributed by atoms with Crippen molar-refractivity contribution in [1.29, 1.82) is 0 Å². The van der Waals surface area contributed by atoms with Gasteiger partial charge in [-0.2, -0.15) is 0 Å². The molecule has 1 aromatic heterocycles. The standard InChI is InChI=1S/C19H21FN6/c1-24(2)15-9-7-14(8-10-15)13-25-11-12-26-19(21-22-23-26)18(25)16-5-3-4-6-17(16)20/h3-10,18H,11-13H2,1-2H3. The van der Waals surface area contributed by atoms with E-state index in [9.17, 15) is 4.39 Å². The fourth-order valence-corrected chi connectivity index (χ4v) is 3.42. The highest BCUT2D eigenvalue weighted by atomic mass is 19.1. The SMILES string of the molecule is CN(C)c1ccc(CN2CCn3nnnc3C2c2ccccc2F)cc1. The monoisotopic (exact) mass is 352 g/mol. The number of benzene rings is 2. The highest BCUT2D eigenvalue weighted by Gasteiger charge is 2.33. The van der Waals surface area contributed by atoms with E-state index in [0.717, 1.165) is 12.2 Å². The van der Waals surface area contributed by atoms with E-state index in [1.807, 2.05) is 26.2 Å². The molecule has 7 heteroatoms. The second-order valence-electron chi connectivity index (χ2n) is 6.72. The van der Waals surface area contributed by atoms with E-state index >= 15 is 0 Å². The zero-order valence-corrected chi connectivity index (χ0v) is 14.9. The highest BCUT2D eigenvalue weighted by molar-refractivity contribution is 5.46. The number of hydrogen-bond acceptors (Lipinski definition) is 5. The van der Waals surface area contributed by atoms with Gasteiger partial charge in [-0.1, -0.05) is 30.3 Å². The number of rotatable bonds is 4. The molecular formula is C19H21FN6. The smallest absolute Gasteiger partial charge is 0.173 e. The highest BCUT2D eigenvalue weighted by Crippen LogP contribution is 2.32. The number of aromatic nitrogens is 4. The van der Waals surface area contributed by atoms with Gasteiger partial charge < -0.3 is 4.90 Å². The normalized spacial score (nSPS) is 17.1. The Bertz CT molecular complexity index is 889. The van der Waals surface area contributed by atoms with Crippen LogP contribution in [0, 0.1) is 5.82 Å². The van der Waals surface area contributed by atoms with Gasteiger partial charge in [-0.15, -0.1) is 5.10 Å². The first-order chi connectivity index (χ1) is 12.6. The first kappa shape index (κ1) is 16.7. The lowest BCUT2D eigenvalue weighted by atomic mass is 10.0. The van der Waals surface area contributed by atoms with E-state index < -0.39 is 0 Å². The summed E-state index contributed by atoms with van der Waals surface area (Å²) in [7, 11) is 4.04. The van der Waals surface area contributed by atoms with Gasteiger partial charge in [0.1, 0.15) is 11.9 Å². The number of anilines is 1. The van der Waals surface area contributed by atoms with Crippen LogP contribution in [0.5, 0.6) is 0 Å². The van der Waals surface area contributed by atoms with E-state index in [0.29, 0.717) is 24.5 Å². The molecule has 0 amide bonds. The lowest BCUT2D eigenvalue weighted by molar-refractivity contribution is 0.161. The molecule has 0 fully saturated rings. The molecule has 0 saturated heterocycles. The van der Waals surface area contributed by atoms with Gasteiger partial charge in [0.05, 0.1) is 6.54 Å². The van der Waals surface area contributed by atoms with Crippen molar-refractivity contribution in [2.45, 2.75) is 19.1 Å². The third kappa shape index (κ3) is 3.06. The molecule has 1 atom stereocenters. The van der Waals surface area contributed by atoms with Gasteiger partial charge >= 0.3 is 0 Å². The molecule has 2 heterocycles. The summed E-state index contributed by atoms with van der Waals surface area (Å²) < 4.78 is 16.3. The van der Waals surface area contributed by atoms with Gasteiger partial charge in [-0.3, -0.25) is 4.90 Å². The minimum Gasteiger partial charge on any atom is -0.378 e. The van der Waals surface area contributed by atoms with Crippen molar-refractivity contribution in [2.24, 2.45) is 0 Å². The third-order valence-corrected chi connectivity index (χ3v) is 4.81. The molecular weight excluding hydrogens is 331 g/mol. The van der Waals surface area contributed by atoms with Crippen LogP contribution in [0.3, 0.4) is 0 Å². The van der Waals surface area contributed by atoms with Crippen molar-refractivity contribution in [3.63, 3.8) is 0 Å². The third-order valence-electron chi connectivity index (χ3n) is 4.81. The van der Waals surface area contributed by atoms with Crippen LogP contribution in [0.4, 0.5) is 10.1 Å². The molecule has 0 bridgehead atoms. The number of nitrogens with zero attached hydrogens (tertiary/aromatic N) is 6. The number of halogens is 1. The first-order valence-corrected chi connectivity index (χ1v) is 8.64. The van der Waals surface area contributed by atoms with Crippen molar-refractivity contribution in [1.82, 2.24) is 25.1 Å². The van der Waals surface area contributed by atoms with Gasteiger partial charge in [0.2, 0.25) is 0 Å². The first-order valence-electron chi connectivity index (χ1n) is 8.64. The summed E-state index contributed by atoms with van der Waals surface area (Å²) in [5, 5.41) is 12.0. The Labute approximate surface area is 151 Å². The molecule has 0 N–H and O–H groups in total. The fourth-order valence-electron chi connectivity index (χ4n) is 3.42. The van der Waals surface area contributed by atoms with Gasteiger partial charge in [-0.25, -0.2) is 9.07 Å². The van der Waals surface area contributed by atoms with Gasteiger partial charge in [0.25, 0.3) is 0 Å². The topological polar surface area (TPSA) is 50.1 Å². The van der Waals surface area contributed by atoms with Crippen molar-refractivity contribution >= 4 is 5.69 Å². The Hall–Kier alpha value is -2.80. The van der Waals surface area contributed by atoms with Crippen LogP contribution >= 0.6 is 0 Å². The van der Waals surface area contributed by atoms with E-state index in [1.54, 1.807) is 10.7 Å². The van der Waals surface area contributed by atoms with E-state index in [1.165, 1.54) is 11.6 Å². The average Bonchev–Trinajstić information content (AvgIpc) is 3.12. The van der Waals surface area contributed by atoms with Crippen LogP contribution in [-0.2, 0) is 13.1 Å². The summed E-state index contributed by atoms with van der Waals surface area (Å²) in [6, 6.07) is 15.0. The van der Waals surface area contributed by atoms with Crippen molar-refractivity contribution in [3.8, 4) is 0 Å².